The maximum absolute atomic E-state index is 12.4. The zero-order chi connectivity index (χ0) is 17.7. The minimum atomic E-state index is -3.99. The third-order valence-corrected chi connectivity index (χ3v) is 5.35. The summed E-state index contributed by atoms with van der Waals surface area (Å²) in [6.45, 7) is 5.44. The summed E-state index contributed by atoms with van der Waals surface area (Å²) in [5, 5.41) is 2.34. The Labute approximate surface area is 145 Å². The van der Waals surface area contributed by atoms with E-state index in [2.05, 4.69) is 15.3 Å². The van der Waals surface area contributed by atoms with Crippen LogP contribution in [0.4, 0.5) is 10.7 Å². The number of hydrogen-bond donors (Lipinski definition) is 2. The molecule has 128 valence electrons. The Kier molecular flexibility index (Phi) is 5.79. The molecule has 0 saturated heterocycles. The van der Waals surface area contributed by atoms with Crippen molar-refractivity contribution in [1.29, 1.82) is 0 Å². The zero-order valence-corrected chi connectivity index (χ0v) is 15.2. The van der Waals surface area contributed by atoms with Crippen LogP contribution in [0.2, 0.25) is 0 Å². The first-order valence-electron chi connectivity index (χ1n) is 7.19. The summed E-state index contributed by atoms with van der Waals surface area (Å²) in [6, 6.07) is 7.36. The summed E-state index contributed by atoms with van der Waals surface area (Å²) in [5.74, 6) is 0.770. The number of rotatable bonds is 5. The predicted molar refractivity (Wildman–Crippen MR) is 93.7 cm³/mol. The monoisotopic (exact) mass is 366 g/mol. The molecule has 0 aliphatic rings. The molecule has 0 bridgehead atoms. The van der Waals surface area contributed by atoms with Crippen LogP contribution in [0.25, 0.3) is 0 Å². The number of urea groups is 1. The minimum absolute atomic E-state index is 0.0522. The number of nitrogens with zero attached hydrogens (tertiary/aromatic N) is 2. The minimum Gasteiger partial charge on any atom is -0.275 e. The number of aromatic nitrogens is 2. The van der Waals surface area contributed by atoms with Crippen molar-refractivity contribution in [2.45, 2.75) is 30.6 Å². The first-order chi connectivity index (χ1) is 11.3. The van der Waals surface area contributed by atoms with Crippen LogP contribution < -0.4 is 10.0 Å². The van der Waals surface area contributed by atoms with Crippen LogP contribution in [0.1, 0.15) is 18.3 Å². The fourth-order valence-corrected chi connectivity index (χ4v) is 4.23. The average Bonchev–Trinajstić information content (AvgIpc) is 2.46. The highest BCUT2D eigenvalue weighted by Crippen LogP contribution is 2.25. The number of nitrogens with one attached hydrogen (secondary N) is 2. The molecule has 0 radical (unpaired) electrons. The van der Waals surface area contributed by atoms with Crippen LogP contribution >= 0.6 is 11.8 Å². The first-order valence-corrected chi connectivity index (χ1v) is 9.66. The van der Waals surface area contributed by atoms with Crippen molar-refractivity contribution >= 4 is 33.8 Å². The third-order valence-electron chi connectivity index (χ3n) is 2.87. The van der Waals surface area contributed by atoms with E-state index in [1.165, 1.54) is 17.8 Å². The smallest absolute Gasteiger partial charge is 0.275 e. The van der Waals surface area contributed by atoms with E-state index in [1.807, 2.05) is 11.6 Å². The summed E-state index contributed by atoms with van der Waals surface area (Å²) >= 11 is 1.39. The number of thioether (sulfide) groups is 1. The van der Waals surface area contributed by atoms with Gasteiger partial charge in [-0.25, -0.2) is 27.9 Å². The molecule has 7 nitrogen and oxygen atoms in total. The maximum Gasteiger partial charge on any atom is 0.335 e. The fraction of sp³-hybridized carbons (Fsp3) is 0.267. The second-order valence-electron chi connectivity index (χ2n) is 4.91. The van der Waals surface area contributed by atoms with Gasteiger partial charge >= 0.3 is 6.03 Å². The molecule has 0 atom stereocenters. The lowest BCUT2D eigenvalue weighted by atomic mass is 10.4. The van der Waals surface area contributed by atoms with Crippen LogP contribution in [0, 0.1) is 13.8 Å². The molecule has 9 heteroatoms. The molecule has 1 heterocycles. The summed E-state index contributed by atoms with van der Waals surface area (Å²) in [6.07, 6.45) is 0. The number of carbonyl (C=O) groups excluding carboxylic acids is 1. The van der Waals surface area contributed by atoms with Crippen molar-refractivity contribution in [1.82, 2.24) is 14.7 Å². The van der Waals surface area contributed by atoms with E-state index < -0.39 is 16.1 Å². The van der Waals surface area contributed by atoms with Gasteiger partial charge in [0.05, 0.1) is 0 Å². The van der Waals surface area contributed by atoms with Crippen LogP contribution in [0.5, 0.6) is 0 Å². The molecule has 2 aromatic rings. The molecule has 1 aromatic carbocycles. The average molecular weight is 366 g/mol. The van der Waals surface area contributed by atoms with Gasteiger partial charge < -0.3 is 0 Å². The van der Waals surface area contributed by atoms with Gasteiger partial charge in [-0.1, -0.05) is 19.1 Å². The van der Waals surface area contributed by atoms with Gasteiger partial charge in [-0.3, -0.25) is 5.32 Å². The van der Waals surface area contributed by atoms with Gasteiger partial charge in [0.15, 0.2) is 0 Å². The van der Waals surface area contributed by atoms with Gasteiger partial charge in [0.25, 0.3) is 10.0 Å². The van der Waals surface area contributed by atoms with E-state index >= 15 is 0 Å². The SMILES string of the molecule is CCSc1ccccc1S(=O)(=O)NC(=O)Nc1nc(C)cc(C)n1. The lowest BCUT2D eigenvalue weighted by molar-refractivity contribution is 0.256. The Bertz CT molecular complexity index is 833. The van der Waals surface area contributed by atoms with Crippen LogP contribution in [-0.4, -0.2) is 30.2 Å². The molecule has 2 N–H and O–H groups in total. The number of benzene rings is 1. The van der Waals surface area contributed by atoms with Gasteiger partial charge in [0.2, 0.25) is 5.95 Å². The van der Waals surface area contributed by atoms with Gasteiger partial charge in [-0.15, -0.1) is 11.8 Å². The molecule has 1 aromatic heterocycles. The third kappa shape index (κ3) is 4.68. The Hall–Kier alpha value is -2.13. The van der Waals surface area contributed by atoms with Crippen molar-refractivity contribution in [3.05, 3.63) is 41.7 Å². The Morgan fingerprint density at radius 1 is 1.17 bits per heavy atom. The quantitative estimate of drug-likeness (QED) is 0.789. The van der Waals surface area contributed by atoms with E-state index in [9.17, 15) is 13.2 Å². The van der Waals surface area contributed by atoms with E-state index in [4.69, 9.17) is 0 Å². The van der Waals surface area contributed by atoms with Crippen LogP contribution in [0.3, 0.4) is 0 Å². The molecule has 2 rings (SSSR count). The normalized spacial score (nSPS) is 11.1. The molecular formula is C15H18N4O3S2. The Morgan fingerprint density at radius 2 is 1.79 bits per heavy atom. The molecule has 0 fully saturated rings. The maximum atomic E-state index is 12.4. The first kappa shape index (κ1) is 18.2. The number of sulfonamides is 1. The van der Waals surface area contributed by atoms with Crippen molar-refractivity contribution in [3.8, 4) is 0 Å². The van der Waals surface area contributed by atoms with Gasteiger partial charge in [0.1, 0.15) is 4.90 Å². The number of carbonyl (C=O) groups is 1. The standard InChI is InChI=1S/C15H18N4O3S2/c1-4-23-12-7-5-6-8-13(12)24(21,22)19-15(20)18-14-16-10(2)9-11(3)17-14/h5-9H,4H2,1-3H3,(H2,16,17,18,19,20). The number of amides is 2. The predicted octanol–water partition coefficient (Wildman–Crippen LogP) is 2.72. The molecule has 0 saturated carbocycles. The summed E-state index contributed by atoms with van der Waals surface area (Å²) in [5.41, 5.74) is 1.34. The van der Waals surface area contributed by atoms with Crippen molar-refractivity contribution < 1.29 is 13.2 Å². The van der Waals surface area contributed by atoms with E-state index in [-0.39, 0.29) is 10.8 Å². The fourth-order valence-electron chi connectivity index (χ4n) is 2.03. The number of anilines is 1. The molecule has 24 heavy (non-hydrogen) atoms. The Morgan fingerprint density at radius 3 is 2.42 bits per heavy atom. The van der Waals surface area contributed by atoms with Crippen molar-refractivity contribution in [2.24, 2.45) is 0 Å². The largest absolute Gasteiger partial charge is 0.335 e. The topological polar surface area (TPSA) is 101 Å². The van der Waals surface area contributed by atoms with Crippen LogP contribution in [0.15, 0.2) is 40.1 Å². The van der Waals surface area contributed by atoms with Crippen LogP contribution in [-0.2, 0) is 10.0 Å². The van der Waals surface area contributed by atoms with Crippen molar-refractivity contribution in [3.63, 3.8) is 0 Å². The van der Waals surface area contributed by atoms with Crippen molar-refractivity contribution in [2.75, 3.05) is 11.1 Å². The highest BCUT2D eigenvalue weighted by Gasteiger charge is 2.21. The second-order valence-corrected chi connectivity index (χ2v) is 7.87. The highest BCUT2D eigenvalue weighted by molar-refractivity contribution is 8.00. The van der Waals surface area contributed by atoms with E-state index in [0.29, 0.717) is 16.3 Å². The molecular weight excluding hydrogens is 348 g/mol. The summed E-state index contributed by atoms with van der Waals surface area (Å²) in [7, 11) is -3.99. The summed E-state index contributed by atoms with van der Waals surface area (Å²) in [4.78, 5) is 20.7. The molecule has 2 amide bonds. The zero-order valence-electron chi connectivity index (χ0n) is 13.5. The molecule has 0 unspecified atom stereocenters. The summed E-state index contributed by atoms with van der Waals surface area (Å²) < 4.78 is 26.9. The molecule has 0 aliphatic carbocycles. The second kappa shape index (κ2) is 7.63. The lowest BCUT2D eigenvalue weighted by Crippen LogP contribution is -2.35. The van der Waals surface area contributed by atoms with E-state index in [0.717, 1.165) is 5.75 Å². The lowest BCUT2D eigenvalue weighted by Gasteiger charge is -2.11. The van der Waals surface area contributed by atoms with Gasteiger partial charge in [-0.05, 0) is 37.8 Å². The molecule has 0 spiro atoms. The molecule has 0 aliphatic heterocycles. The number of hydrogen-bond acceptors (Lipinski definition) is 6. The van der Waals surface area contributed by atoms with Gasteiger partial charge in [-0.2, -0.15) is 0 Å². The van der Waals surface area contributed by atoms with Gasteiger partial charge in [0, 0.05) is 16.3 Å². The Balaban J connectivity index is 2.18. The number of aryl methyl sites for hydroxylation is 2. The van der Waals surface area contributed by atoms with E-state index in [1.54, 1.807) is 38.1 Å². The highest BCUT2D eigenvalue weighted by atomic mass is 32.2.